The second kappa shape index (κ2) is 4.95. The van der Waals surface area contributed by atoms with Crippen molar-refractivity contribution in [3.05, 3.63) is 64.2 Å². The van der Waals surface area contributed by atoms with Crippen molar-refractivity contribution in [2.24, 2.45) is 0 Å². The molecule has 24 heavy (non-hydrogen) atoms. The van der Waals surface area contributed by atoms with Crippen LogP contribution in [0.5, 0.6) is 0 Å². The number of nitrogens with one attached hydrogen (secondary N) is 1. The van der Waals surface area contributed by atoms with E-state index < -0.39 is 11.7 Å². The zero-order valence-corrected chi connectivity index (χ0v) is 12.7. The lowest BCUT2D eigenvalue weighted by Crippen LogP contribution is -2.05. The highest BCUT2D eigenvalue weighted by Crippen LogP contribution is 2.42. The number of rotatable bonds is 1. The van der Waals surface area contributed by atoms with E-state index in [0.29, 0.717) is 22.0 Å². The second-order valence-electron chi connectivity index (χ2n) is 5.42. The fraction of sp³-hybridized carbons (Fsp3) is 0.0588. The van der Waals surface area contributed by atoms with Crippen molar-refractivity contribution in [2.45, 2.75) is 6.18 Å². The predicted octanol–water partition coefficient (Wildman–Crippen LogP) is 4.96. The van der Waals surface area contributed by atoms with Crippen LogP contribution in [0.4, 0.5) is 13.2 Å². The highest BCUT2D eigenvalue weighted by atomic mass is 35.5. The average molecular weight is 349 g/mol. The van der Waals surface area contributed by atoms with Gasteiger partial charge in [0.25, 0.3) is 0 Å². The van der Waals surface area contributed by atoms with Crippen molar-refractivity contribution in [3.8, 4) is 22.5 Å². The summed E-state index contributed by atoms with van der Waals surface area (Å²) in [6.07, 6.45) is -4.47. The molecule has 1 aliphatic carbocycles. The topological polar surface area (TPSA) is 45.8 Å². The average Bonchev–Trinajstić information content (AvgIpc) is 3.08. The van der Waals surface area contributed by atoms with Gasteiger partial charge in [-0.1, -0.05) is 23.7 Å². The van der Waals surface area contributed by atoms with Gasteiger partial charge in [-0.3, -0.25) is 9.89 Å². The number of carbonyl (C=O) groups excluding carboxylic acids is 1. The fourth-order valence-electron chi connectivity index (χ4n) is 2.83. The summed E-state index contributed by atoms with van der Waals surface area (Å²) in [5.41, 5.74) is 1.31. The smallest absolute Gasteiger partial charge is 0.288 e. The summed E-state index contributed by atoms with van der Waals surface area (Å²) in [6.45, 7) is 0. The highest BCUT2D eigenvalue weighted by molar-refractivity contribution is 6.30. The minimum atomic E-state index is -4.47. The van der Waals surface area contributed by atoms with Crippen molar-refractivity contribution in [1.82, 2.24) is 10.2 Å². The Morgan fingerprint density at radius 3 is 2.38 bits per heavy atom. The van der Waals surface area contributed by atoms with Gasteiger partial charge in [-0.25, -0.2) is 0 Å². The number of H-pyrrole nitrogens is 1. The Morgan fingerprint density at radius 2 is 1.71 bits per heavy atom. The van der Waals surface area contributed by atoms with Crippen molar-refractivity contribution < 1.29 is 18.0 Å². The molecule has 4 rings (SSSR count). The van der Waals surface area contributed by atoms with Crippen molar-refractivity contribution in [2.75, 3.05) is 0 Å². The standard InChI is InChI=1S/C17H8ClF3N2O/c18-10-4-1-8(2-5-10)14-13-15(23-22-14)12-7-9(17(19,20)21)3-6-11(12)16(13)24/h1-7H,(H,22,23). The minimum Gasteiger partial charge on any atom is -0.288 e. The third-order valence-corrected chi connectivity index (χ3v) is 4.22. The number of halogens is 4. The molecule has 0 saturated heterocycles. The molecule has 0 amide bonds. The molecule has 0 bridgehead atoms. The number of nitrogens with zero attached hydrogens (tertiary/aromatic N) is 1. The largest absolute Gasteiger partial charge is 0.416 e. The van der Waals surface area contributed by atoms with E-state index in [9.17, 15) is 18.0 Å². The van der Waals surface area contributed by atoms with Crippen molar-refractivity contribution >= 4 is 17.4 Å². The van der Waals surface area contributed by atoms with E-state index in [4.69, 9.17) is 11.6 Å². The minimum absolute atomic E-state index is 0.220. The predicted molar refractivity (Wildman–Crippen MR) is 82.9 cm³/mol. The number of benzene rings is 2. The third-order valence-electron chi connectivity index (χ3n) is 3.97. The summed E-state index contributed by atoms with van der Waals surface area (Å²) >= 11 is 5.85. The Balaban J connectivity index is 1.89. The van der Waals surface area contributed by atoms with Gasteiger partial charge < -0.3 is 0 Å². The number of alkyl halides is 3. The van der Waals surface area contributed by atoms with Gasteiger partial charge in [0.15, 0.2) is 5.78 Å². The summed E-state index contributed by atoms with van der Waals surface area (Å²) < 4.78 is 38.7. The van der Waals surface area contributed by atoms with Crippen LogP contribution in [0, 0.1) is 0 Å². The zero-order valence-electron chi connectivity index (χ0n) is 11.9. The number of ketones is 1. The summed E-state index contributed by atoms with van der Waals surface area (Å²) in [7, 11) is 0. The molecular formula is C17H8ClF3N2O. The third kappa shape index (κ3) is 2.14. The zero-order chi connectivity index (χ0) is 17.1. The SMILES string of the molecule is O=C1c2ccc(C(F)(F)F)cc2-c2[nH]nc(-c3ccc(Cl)cc3)c21. The Bertz CT molecular complexity index is 974. The lowest BCUT2D eigenvalue weighted by molar-refractivity contribution is -0.137. The van der Waals surface area contributed by atoms with Crippen LogP contribution in [0.25, 0.3) is 22.5 Å². The molecule has 0 spiro atoms. The lowest BCUT2D eigenvalue weighted by Gasteiger charge is -2.08. The quantitative estimate of drug-likeness (QED) is 0.528. The van der Waals surface area contributed by atoms with Crippen LogP contribution in [0.3, 0.4) is 0 Å². The molecule has 2 aromatic carbocycles. The Hall–Kier alpha value is -2.60. The summed E-state index contributed by atoms with van der Waals surface area (Å²) in [5, 5.41) is 7.34. The van der Waals surface area contributed by atoms with Crippen LogP contribution < -0.4 is 0 Å². The van der Waals surface area contributed by atoms with E-state index in [-0.39, 0.29) is 22.5 Å². The number of aromatic amines is 1. The molecule has 120 valence electrons. The van der Waals surface area contributed by atoms with E-state index >= 15 is 0 Å². The van der Waals surface area contributed by atoms with E-state index in [0.717, 1.165) is 12.1 Å². The molecule has 0 unspecified atom stereocenters. The molecule has 0 fully saturated rings. The molecule has 7 heteroatoms. The summed E-state index contributed by atoms with van der Waals surface area (Å²) in [6, 6.07) is 9.83. The Morgan fingerprint density at radius 1 is 1.00 bits per heavy atom. The number of hydrogen-bond donors (Lipinski definition) is 1. The van der Waals surface area contributed by atoms with Crippen molar-refractivity contribution in [1.29, 1.82) is 0 Å². The molecule has 0 saturated carbocycles. The lowest BCUT2D eigenvalue weighted by atomic mass is 10.0. The molecule has 1 heterocycles. The number of carbonyl (C=O) groups is 1. The first-order chi connectivity index (χ1) is 11.4. The molecule has 1 aromatic heterocycles. The molecule has 1 N–H and O–H groups in total. The monoisotopic (exact) mass is 348 g/mol. The van der Waals surface area contributed by atoms with E-state index in [2.05, 4.69) is 10.2 Å². The Kier molecular flexibility index (Phi) is 3.08. The Labute approximate surface area is 139 Å². The van der Waals surface area contributed by atoms with Gasteiger partial charge in [-0.05, 0) is 30.3 Å². The van der Waals surface area contributed by atoms with Gasteiger partial charge >= 0.3 is 6.18 Å². The van der Waals surface area contributed by atoms with Crippen LogP contribution >= 0.6 is 11.6 Å². The van der Waals surface area contributed by atoms with Gasteiger partial charge in [0.05, 0.1) is 16.8 Å². The first-order valence-corrected chi connectivity index (χ1v) is 7.34. The van der Waals surface area contributed by atoms with Crippen LogP contribution in [-0.2, 0) is 6.18 Å². The summed E-state index contributed by atoms with van der Waals surface area (Å²) in [4.78, 5) is 12.6. The van der Waals surface area contributed by atoms with E-state index in [1.807, 2.05) is 0 Å². The molecule has 0 aliphatic heterocycles. The maximum Gasteiger partial charge on any atom is 0.416 e. The van der Waals surface area contributed by atoms with Gasteiger partial charge in [0, 0.05) is 21.7 Å². The highest BCUT2D eigenvalue weighted by Gasteiger charge is 2.36. The molecule has 0 radical (unpaired) electrons. The first-order valence-electron chi connectivity index (χ1n) is 6.97. The first kappa shape index (κ1) is 15.0. The summed E-state index contributed by atoms with van der Waals surface area (Å²) in [5.74, 6) is -0.340. The van der Waals surface area contributed by atoms with Crippen LogP contribution in [-0.4, -0.2) is 16.0 Å². The van der Waals surface area contributed by atoms with Gasteiger partial charge in [0.1, 0.15) is 5.69 Å². The molecule has 3 nitrogen and oxygen atoms in total. The van der Waals surface area contributed by atoms with Crippen LogP contribution in [0.1, 0.15) is 21.5 Å². The van der Waals surface area contributed by atoms with Gasteiger partial charge in [-0.2, -0.15) is 18.3 Å². The number of fused-ring (bicyclic) bond motifs is 3. The van der Waals surface area contributed by atoms with Crippen LogP contribution in [0.15, 0.2) is 42.5 Å². The molecule has 1 aliphatic rings. The van der Waals surface area contributed by atoms with E-state index in [1.165, 1.54) is 6.07 Å². The maximum absolute atomic E-state index is 12.9. The van der Waals surface area contributed by atoms with Gasteiger partial charge in [0.2, 0.25) is 0 Å². The fourth-order valence-corrected chi connectivity index (χ4v) is 2.96. The normalized spacial score (nSPS) is 13.1. The molecular weight excluding hydrogens is 341 g/mol. The van der Waals surface area contributed by atoms with Gasteiger partial charge in [-0.15, -0.1) is 0 Å². The van der Waals surface area contributed by atoms with E-state index in [1.54, 1.807) is 24.3 Å². The second-order valence-corrected chi connectivity index (χ2v) is 5.85. The molecule has 0 atom stereocenters. The maximum atomic E-state index is 12.9. The molecule has 3 aromatic rings. The van der Waals surface area contributed by atoms with Crippen molar-refractivity contribution in [3.63, 3.8) is 0 Å². The number of aromatic nitrogens is 2. The van der Waals surface area contributed by atoms with Crippen LogP contribution in [0.2, 0.25) is 5.02 Å². The number of hydrogen-bond acceptors (Lipinski definition) is 2.